The van der Waals surface area contributed by atoms with Crippen molar-refractivity contribution < 1.29 is 14.3 Å². The normalized spacial score (nSPS) is 11.8. The molecule has 0 saturated heterocycles. The van der Waals surface area contributed by atoms with E-state index in [0.717, 1.165) is 5.75 Å². The van der Waals surface area contributed by atoms with Crippen LogP contribution in [0.2, 0.25) is 0 Å². The Bertz CT molecular complexity index is 721. The molecule has 0 radical (unpaired) electrons. The average Bonchev–Trinajstić information content (AvgIpc) is 3.02. The van der Waals surface area contributed by atoms with Crippen LogP contribution in [0.4, 0.5) is 5.69 Å². The number of nitrogens with zero attached hydrogens (tertiary/aromatic N) is 2. The van der Waals surface area contributed by atoms with Crippen molar-refractivity contribution in [3.8, 4) is 5.75 Å². The van der Waals surface area contributed by atoms with Gasteiger partial charge >= 0.3 is 0 Å². The standard InChI is InChI=1S/C15H18N4O3S3/c1-3-22-11-6-4-10(5-7-11)17-13(21)9(2)24-15-19-18-14(25-15)23-8-12(16)20/h4-7,9H,3,8H2,1-2H3,(H2,16,20)(H,17,21)/t9-/m0/s1. The number of hydrogen-bond donors (Lipinski definition) is 2. The molecule has 0 saturated carbocycles. The van der Waals surface area contributed by atoms with E-state index < -0.39 is 5.91 Å². The highest BCUT2D eigenvalue weighted by Gasteiger charge is 2.17. The van der Waals surface area contributed by atoms with Crippen LogP contribution in [0.15, 0.2) is 32.9 Å². The Morgan fingerprint density at radius 2 is 1.96 bits per heavy atom. The predicted octanol–water partition coefficient (Wildman–Crippen LogP) is 2.63. The molecule has 2 rings (SSSR count). The van der Waals surface area contributed by atoms with Crippen molar-refractivity contribution in [3.63, 3.8) is 0 Å². The lowest BCUT2D eigenvalue weighted by atomic mass is 10.3. The van der Waals surface area contributed by atoms with Crippen LogP contribution in [0, 0.1) is 0 Å². The fourth-order valence-corrected chi connectivity index (χ4v) is 4.59. The summed E-state index contributed by atoms with van der Waals surface area (Å²) in [6.45, 7) is 4.31. The third-order valence-corrected chi connectivity index (χ3v) is 6.07. The van der Waals surface area contributed by atoms with E-state index in [1.54, 1.807) is 19.1 Å². The Morgan fingerprint density at radius 1 is 1.28 bits per heavy atom. The second-order valence-electron chi connectivity index (χ2n) is 4.80. The molecule has 1 atom stereocenters. The zero-order valence-electron chi connectivity index (χ0n) is 13.7. The number of amides is 2. The molecule has 2 amide bonds. The van der Waals surface area contributed by atoms with Crippen molar-refractivity contribution >= 4 is 52.4 Å². The molecule has 7 nitrogen and oxygen atoms in total. The van der Waals surface area contributed by atoms with Crippen molar-refractivity contribution in [1.82, 2.24) is 10.2 Å². The molecule has 1 aromatic carbocycles. The second-order valence-corrected chi connectivity index (χ2v) is 8.58. The average molecular weight is 399 g/mol. The van der Waals surface area contributed by atoms with Crippen LogP contribution in [-0.4, -0.2) is 39.6 Å². The first-order valence-electron chi connectivity index (χ1n) is 7.43. The Kier molecular flexibility index (Phi) is 7.53. The fourth-order valence-electron chi connectivity index (χ4n) is 1.69. The summed E-state index contributed by atoms with van der Waals surface area (Å²) in [5.74, 6) is 0.388. The van der Waals surface area contributed by atoms with Gasteiger partial charge < -0.3 is 15.8 Å². The molecule has 134 valence electrons. The fraction of sp³-hybridized carbons (Fsp3) is 0.333. The van der Waals surface area contributed by atoms with Crippen LogP contribution >= 0.6 is 34.9 Å². The van der Waals surface area contributed by atoms with Gasteiger partial charge in [0.05, 0.1) is 17.6 Å². The third-order valence-electron chi connectivity index (χ3n) is 2.81. The molecule has 0 aliphatic carbocycles. The van der Waals surface area contributed by atoms with Gasteiger partial charge in [0.25, 0.3) is 0 Å². The van der Waals surface area contributed by atoms with Crippen LogP contribution in [-0.2, 0) is 9.59 Å². The van der Waals surface area contributed by atoms with Gasteiger partial charge in [-0.25, -0.2) is 0 Å². The van der Waals surface area contributed by atoms with E-state index >= 15 is 0 Å². The molecule has 0 bridgehead atoms. The molecule has 2 aromatic rings. The van der Waals surface area contributed by atoms with Crippen molar-refractivity contribution in [2.75, 3.05) is 17.7 Å². The number of rotatable bonds is 9. The maximum absolute atomic E-state index is 12.3. The summed E-state index contributed by atoms with van der Waals surface area (Å²) in [7, 11) is 0. The van der Waals surface area contributed by atoms with E-state index in [4.69, 9.17) is 10.5 Å². The van der Waals surface area contributed by atoms with Gasteiger partial charge in [-0.2, -0.15) is 0 Å². The van der Waals surface area contributed by atoms with Gasteiger partial charge in [-0.3, -0.25) is 9.59 Å². The highest BCUT2D eigenvalue weighted by Crippen LogP contribution is 2.31. The van der Waals surface area contributed by atoms with Gasteiger partial charge in [-0.1, -0.05) is 34.9 Å². The highest BCUT2D eigenvalue weighted by molar-refractivity contribution is 8.04. The number of benzene rings is 1. The SMILES string of the molecule is CCOc1ccc(NC(=O)[C@H](C)Sc2nnc(SCC(N)=O)s2)cc1. The van der Waals surface area contributed by atoms with Gasteiger partial charge in [0.1, 0.15) is 5.75 Å². The highest BCUT2D eigenvalue weighted by atomic mass is 32.2. The largest absolute Gasteiger partial charge is 0.494 e. The lowest BCUT2D eigenvalue weighted by Crippen LogP contribution is -2.22. The number of nitrogens with one attached hydrogen (secondary N) is 1. The van der Waals surface area contributed by atoms with Gasteiger partial charge in [-0.15, -0.1) is 10.2 Å². The summed E-state index contributed by atoms with van der Waals surface area (Å²) in [5, 5.41) is 10.5. The van der Waals surface area contributed by atoms with E-state index in [2.05, 4.69) is 15.5 Å². The Hall–Kier alpha value is -1.78. The van der Waals surface area contributed by atoms with E-state index in [1.165, 1.54) is 34.9 Å². The van der Waals surface area contributed by atoms with E-state index in [-0.39, 0.29) is 16.9 Å². The number of nitrogens with two attached hydrogens (primary N) is 1. The molecule has 1 heterocycles. The number of carbonyl (C=O) groups is 2. The molecule has 10 heteroatoms. The van der Waals surface area contributed by atoms with Gasteiger partial charge in [0.2, 0.25) is 11.8 Å². The van der Waals surface area contributed by atoms with E-state index in [0.29, 0.717) is 21.0 Å². The summed E-state index contributed by atoms with van der Waals surface area (Å²) in [4.78, 5) is 23.0. The molecule has 0 aliphatic heterocycles. The molecule has 1 aromatic heterocycles. The molecule has 25 heavy (non-hydrogen) atoms. The zero-order chi connectivity index (χ0) is 18.2. The topological polar surface area (TPSA) is 107 Å². The van der Waals surface area contributed by atoms with Crippen molar-refractivity contribution in [2.45, 2.75) is 27.8 Å². The monoisotopic (exact) mass is 398 g/mol. The molecule has 0 spiro atoms. The van der Waals surface area contributed by atoms with Gasteiger partial charge in [0.15, 0.2) is 8.68 Å². The van der Waals surface area contributed by atoms with Crippen LogP contribution in [0.3, 0.4) is 0 Å². The number of ether oxygens (including phenoxy) is 1. The minimum atomic E-state index is -0.405. The summed E-state index contributed by atoms with van der Waals surface area (Å²) < 4.78 is 6.69. The van der Waals surface area contributed by atoms with Crippen LogP contribution in [0.25, 0.3) is 0 Å². The maximum Gasteiger partial charge on any atom is 0.237 e. The molecular formula is C15H18N4O3S3. The first kappa shape index (κ1) is 19.5. The number of primary amides is 1. The quantitative estimate of drug-likeness (QED) is 0.625. The van der Waals surface area contributed by atoms with Crippen molar-refractivity contribution in [1.29, 1.82) is 0 Å². The van der Waals surface area contributed by atoms with E-state index in [1.807, 2.05) is 19.1 Å². The number of carbonyl (C=O) groups excluding carboxylic acids is 2. The number of anilines is 1. The number of aromatic nitrogens is 2. The smallest absolute Gasteiger partial charge is 0.237 e. The Labute approximate surface area is 158 Å². The number of thioether (sulfide) groups is 2. The van der Waals surface area contributed by atoms with Gasteiger partial charge in [0, 0.05) is 5.69 Å². The molecule has 0 aliphatic rings. The van der Waals surface area contributed by atoms with Crippen LogP contribution in [0.5, 0.6) is 5.75 Å². The lowest BCUT2D eigenvalue weighted by Gasteiger charge is -2.11. The summed E-state index contributed by atoms with van der Waals surface area (Å²) >= 11 is 3.89. The molecule has 0 fully saturated rings. The zero-order valence-corrected chi connectivity index (χ0v) is 16.2. The maximum atomic E-state index is 12.3. The first-order valence-corrected chi connectivity index (χ1v) is 10.1. The van der Waals surface area contributed by atoms with Crippen LogP contribution in [0.1, 0.15) is 13.8 Å². The molecular weight excluding hydrogens is 380 g/mol. The lowest BCUT2D eigenvalue weighted by molar-refractivity contribution is -0.116. The second kappa shape index (κ2) is 9.64. The predicted molar refractivity (Wildman–Crippen MR) is 101 cm³/mol. The molecule has 3 N–H and O–H groups in total. The van der Waals surface area contributed by atoms with E-state index in [9.17, 15) is 9.59 Å². The minimum Gasteiger partial charge on any atom is -0.494 e. The van der Waals surface area contributed by atoms with Crippen LogP contribution < -0.4 is 15.8 Å². The van der Waals surface area contributed by atoms with Crippen molar-refractivity contribution in [2.24, 2.45) is 5.73 Å². The van der Waals surface area contributed by atoms with Crippen molar-refractivity contribution in [3.05, 3.63) is 24.3 Å². The Morgan fingerprint density at radius 3 is 2.60 bits per heavy atom. The number of hydrogen-bond acceptors (Lipinski definition) is 8. The third kappa shape index (κ3) is 6.56. The molecule has 0 unspecified atom stereocenters. The van der Waals surface area contributed by atoms with Gasteiger partial charge in [-0.05, 0) is 38.1 Å². The minimum absolute atomic E-state index is 0.129. The summed E-state index contributed by atoms with van der Waals surface area (Å²) in [5.41, 5.74) is 5.80. The first-order chi connectivity index (χ1) is 12.0. The summed E-state index contributed by atoms with van der Waals surface area (Å²) in [6, 6.07) is 7.21. The Balaban J connectivity index is 1.86. The summed E-state index contributed by atoms with van der Waals surface area (Å²) in [6.07, 6.45) is 0.